The lowest BCUT2D eigenvalue weighted by atomic mass is 10.0. The molecule has 4 rings (SSSR count). The first-order valence-corrected chi connectivity index (χ1v) is 12.5. The third-order valence-electron chi connectivity index (χ3n) is 6.85. The van der Waals surface area contributed by atoms with E-state index in [4.69, 9.17) is 16.9 Å². The molecule has 2 aliphatic heterocycles. The molecule has 10 heteroatoms. The molecule has 0 spiro atoms. The van der Waals surface area contributed by atoms with Gasteiger partial charge in [-0.25, -0.2) is 0 Å². The summed E-state index contributed by atoms with van der Waals surface area (Å²) in [6, 6.07) is 13.3. The Labute approximate surface area is 221 Å². The van der Waals surface area contributed by atoms with Gasteiger partial charge in [-0.1, -0.05) is 25.1 Å². The summed E-state index contributed by atoms with van der Waals surface area (Å²) in [6.07, 6.45) is -2.84. The monoisotopic (exact) mass is 535 g/mol. The zero-order chi connectivity index (χ0) is 25.7. The minimum Gasteiger partial charge on any atom is -0.371 e. The fourth-order valence-electron chi connectivity index (χ4n) is 4.80. The Hall–Kier alpha value is -2.96. The molecule has 37 heavy (non-hydrogen) atoms. The van der Waals surface area contributed by atoms with E-state index in [1.54, 1.807) is 12.1 Å². The number of piperidine rings is 1. The van der Waals surface area contributed by atoms with E-state index >= 15 is 0 Å². The highest BCUT2D eigenvalue weighted by Crippen LogP contribution is 2.35. The Balaban J connectivity index is 0.00000380. The van der Waals surface area contributed by atoms with Crippen LogP contribution in [-0.2, 0) is 11.0 Å². The Kier molecular flexibility index (Phi) is 9.68. The highest BCUT2D eigenvalue weighted by molar-refractivity contribution is 6.30. The predicted molar refractivity (Wildman–Crippen MR) is 141 cm³/mol. The molecular weight excluding hydrogens is 503 g/mol. The highest BCUT2D eigenvalue weighted by Gasteiger charge is 2.34. The standard InChI is InChI=1S/C26H29ClF3N5O.CH4/c27-20-2-1-3-22(16-20)35-14-12-33(13-15-35)9-8-25(36)32-21-6-10-34(11-7-21)23-5-4-19(18-31)24(17-23)26(28,29)30;/h1-5,16-17,21H,6-15H2,(H,32,36);1H4. The molecule has 2 saturated heterocycles. The summed E-state index contributed by atoms with van der Waals surface area (Å²) >= 11 is 6.09. The van der Waals surface area contributed by atoms with E-state index in [2.05, 4.69) is 21.2 Å². The van der Waals surface area contributed by atoms with Crippen LogP contribution in [0, 0.1) is 11.3 Å². The summed E-state index contributed by atoms with van der Waals surface area (Å²) in [5.41, 5.74) is 0.274. The summed E-state index contributed by atoms with van der Waals surface area (Å²) in [5.74, 6) is 0.00320. The molecule has 0 radical (unpaired) electrons. The molecule has 2 aliphatic rings. The van der Waals surface area contributed by atoms with Crippen molar-refractivity contribution >= 4 is 28.9 Å². The topological polar surface area (TPSA) is 62.6 Å². The molecule has 2 heterocycles. The lowest BCUT2D eigenvalue weighted by molar-refractivity contribution is -0.137. The van der Waals surface area contributed by atoms with Crippen molar-refractivity contribution in [2.75, 3.05) is 55.6 Å². The van der Waals surface area contributed by atoms with Gasteiger partial charge in [0.2, 0.25) is 5.91 Å². The van der Waals surface area contributed by atoms with Crippen LogP contribution >= 0.6 is 11.6 Å². The van der Waals surface area contributed by atoms with Gasteiger partial charge in [-0.2, -0.15) is 18.4 Å². The number of nitriles is 1. The Bertz CT molecular complexity index is 1100. The lowest BCUT2D eigenvalue weighted by Crippen LogP contribution is -2.48. The van der Waals surface area contributed by atoms with E-state index in [9.17, 15) is 18.0 Å². The Morgan fingerprint density at radius 1 is 1.00 bits per heavy atom. The molecule has 1 amide bonds. The van der Waals surface area contributed by atoms with Crippen LogP contribution in [-0.4, -0.2) is 62.7 Å². The number of anilines is 2. The number of nitrogens with one attached hydrogen (secondary N) is 1. The largest absolute Gasteiger partial charge is 0.417 e. The lowest BCUT2D eigenvalue weighted by Gasteiger charge is -2.36. The quantitative estimate of drug-likeness (QED) is 0.553. The molecule has 200 valence electrons. The second-order valence-electron chi connectivity index (χ2n) is 9.23. The fourth-order valence-corrected chi connectivity index (χ4v) is 4.99. The maximum Gasteiger partial charge on any atom is 0.417 e. The van der Waals surface area contributed by atoms with Gasteiger partial charge in [0, 0.05) is 74.7 Å². The van der Waals surface area contributed by atoms with Gasteiger partial charge in [0.15, 0.2) is 0 Å². The number of nitrogens with zero attached hydrogens (tertiary/aromatic N) is 4. The van der Waals surface area contributed by atoms with E-state index < -0.39 is 11.7 Å². The molecule has 2 aromatic rings. The number of rotatable bonds is 6. The molecular formula is C27H33ClF3N5O. The third-order valence-corrected chi connectivity index (χ3v) is 7.09. The van der Waals surface area contributed by atoms with Gasteiger partial charge in [0.25, 0.3) is 0 Å². The number of piperazine rings is 1. The molecule has 0 aromatic heterocycles. The van der Waals surface area contributed by atoms with Gasteiger partial charge in [0.1, 0.15) is 0 Å². The predicted octanol–water partition coefficient (Wildman–Crippen LogP) is 5.16. The van der Waals surface area contributed by atoms with Crippen molar-refractivity contribution in [2.45, 2.75) is 38.9 Å². The number of carbonyl (C=O) groups is 1. The molecule has 0 unspecified atom stereocenters. The third kappa shape index (κ3) is 7.53. The van der Waals surface area contributed by atoms with Gasteiger partial charge >= 0.3 is 6.18 Å². The van der Waals surface area contributed by atoms with Gasteiger partial charge in [0.05, 0.1) is 17.2 Å². The Morgan fingerprint density at radius 3 is 2.27 bits per heavy atom. The van der Waals surface area contributed by atoms with Crippen molar-refractivity contribution in [2.24, 2.45) is 0 Å². The molecule has 0 saturated carbocycles. The van der Waals surface area contributed by atoms with E-state index in [0.717, 1.165) is 43.0 Å². The number of amides is 1. The molecule has 6 nitrogen and oxygen atoms in total. The smallest absolute Gasteiger partial charge is 0.371 e. The second-order valence-corrected chi connectivity index (χ2v) is 9.66. The fraction of sp³-hybridized carbons (Fsp3) is 0.481. The van der Waals surface area contributed by atoms with Crippen LogP contribution in [0.15, 0.2) is 42.5 Å². The van der Waals surface area contributed by atoms with Crippen molar-refractivity contribution in [3.8, 4) is 6.07 Å². The van der Waals surface area contributed by atoms with E-state index in [0.29, 0.717) is 44.6 Å². The SMILES string of the molecule is C.N#Cc1ccc(N2CCC(NC(=O)CCN3CCN(c4cccc(Cl)c4)CC3)CC2)cc1C(F)(F)F. The average Bonchev–Trinajstić information content (AvgIpc) is 2.87. The first-order chi connectivity index (χ1) is 17.2. The minimum absolute atomic E-state index is 0. The van der Waals surface area contributed by atoms with Gasteiger partial charge in [-0.15, -0.1) is 0 Å². The molecule has 0 aliphatic carbocycles. The number of benzene rings is 2. The first-order valence-electron chi connectivity index (χ1n) is 12.1. The summed E-state index contributed by atoms with van der Waals surface area (Å²) in [4.78, 5) is 19.0. The molecule has 2 aromatic carbocycles. The van der Waals surface area contributed by atoms with Crippen molar-refractivity contribution in [1.82, 2.24) is 10.2 Å². The zero-order valence-corrected chi connectivity index (χ0v) is 20.7. The number of alkyl halides is 3. The maximum atomic E-state index is 13.3. The van der Waals surface area contributed by atoms with Gasteiger partial charge < -0.3 is 15.1 Å². The summed E-state index contributed by atoms with van der Waals surface area (Å²) in [5, 5.41) is 12.8. The van der Waals surface area contributed by atoms with Crippen molar-refractivity contribution in [1.29, 1.82) is 5.26 Å². The molecule has 0 atom stereocenters. The average molecular weight is 536 g/mol. The Morgan fingerprint density at radius 2 is 1.65 bits per heavy atom. The van der Waals surface area contributed by atoms with Crippen molar-refractivity contribution in [3.63, 3.8) is 0 Å². The number of halogens is 4. The second kappa shape index (κ2) is 12.5. The summed E-state index contributed by atoms with van der Waals surface area (Å²) in [6.45, 7) is 5.29. The summed E-state index contributed by atoms with van der Waals surface area (Å²) < 4.78 is 39.8. The number of hydrogen-bond acceptors (Lipinski definition) is 5. The van der Waals surface area contributed by atoms with Crippen LogP contribution in [0.1, 0.15) is 37.8 Å². The minimum atomic E-state index is -4.57. The maximum absolute atomic E-state index is 13.3. The van der Waals surface area contributed by atoms with E-state index in [-0.39, 0.29) is 24.9 Å². The highest BCUT2D eigenvalue weighted by atomic mass is 35.5. The van der Waals surface area contributed by atoms with Crippen LogP contribution in [0.4, 0.5) is 24.5 Å². The van der Waals surface area contributed by atoms with E-state index in [1.807, 2.05) is 23.1 Å². The van der Waals surface area contributed by atoms with Gasteiger partial charge in [-0.05, 0) is 49.2 Å². The van der Waals surface area contributed by atoms with Crippen LogP contribution < -0.4 is 15.1 Å². The summed E-state index contributed by atoms with van der Waals surface area (Å²) in [7, 11) is 0. The van der Waals surface area contributed by atoms with Crippen LogP contribution in [0.5, 0.6) is 0 Å². The first kappa shape index (κ1) is 28.6. The molecule has 1 N–H and O–H groups in total. The van der Waals surface area contributed by atoms with Gasteiger partial charge in [-0.3, -0.25) is 9.69 Å². The van der Waals surface area contributed by atoms with Crippen LogP contribution in [0.2, 0.25) is 5.02 Å². The van der Waals surface area contributed by atoms with Crippen molar-refractivity contribution in [3.05, 3.63) is 58.6 Å². The molecule has 0 bridgehead atoms. The number of carbonyl (C=O) groups excluding carboxylic acids is 1. The normalized spacial score (nSPS) is 17.2. The number of hydrogen-bond donors (Lipinski definition) is 1. The van der Waals surface area contributed by atoms with Crippen LogP contribution in [0.25, 0.3) is 0 Å². The zero-order valence-electron chi connectivity index (χ0n) is 19.9. The van der Waals surface area contributed by atoms with Crippen LogP contribution in [0.3, 0.4) is 0 Å². The van der Waals surface area contributed by atoms with Crippen molar-refractivity contribution < 1.29 is 18.0 Å². The molecule has 2 fully saturated rings. The van der Waals surface area contributed by atoms with E-state index in [1.165, 1.54) is 6.07 Å².